The van der Waals surface area contributed by atoms with E-state index in [9.17, 15) is 0 Å². The van der Waals surface area contributed by atoms with Crippen molar-refractivity contribution in [2.24, 2.45) is 0 Å². The van der Waals surface area contributed by atoms with Crippen molar-refractivity contribution in [3.8, 4) is 0 Å². The molecule has 0 aliphatic carbocycles. The zero-order chi connectivity index (χ0) is 5.11. The topological polar surface area (TPSA) is 12.0 Å². The van der Waals surface area contributed by atoms with Crippen LogP contribution in [0.25, 0.3) is 0 Å². The number of piperidine rings is 1. The Kier molecular flexibility index (Phi) is 5.55. The molecule has 0 amide bonds. The summed E-state index contributed by atoms with van der Waals surface area (Å²) in [6.45, 7) is 3.37. The van der Waals surface area contributed by atoms with E-state index in [2.05, 4.69) is 12.2 Å². The fraction of sp³-hybridized carbons (Fsp3) is 0.833. The van der Waals surface area contributed by atoms with E-state index in [0.29, 0.717) is 0 Å². The molecule has 1 fully saturated rings. The largest absolute Gasteiger partial charge is 0.467 e. The second-order valence-corrected chi connectivity index (χ2v) is 2.16. The average Bonchev–Trinajstić information content (AvgIpc) is 1.69. The van der Waals surface area contributed by atoms with E-state index in [-0.39, 0.29) is 32.7 Å². The van der Waals surface area contributed by atoms with Gasteiger partial charge < -0.3 is 5.32 Å². The summed E-state index contributed by atoms with van der Waals surface area (Å²) in [6.07, 6.45) is 4.04. The van der Waals surface area contributed by atoms with Gasteiger partial charge in [-0.3, -0.25) is 6.04 Å². The molecule has 1 aliphatic rings. The summed E-state index contributed by atoms with van der Waals surface area (Å²) in [6, 6.07) is 1.46. The molecular weight excluding hydrogens is 175 g/mol. The summed E-state index contributed by atoms with van der Waals surface area (Å²) in [7, 11) is 0. The van der Waals surface area contributed by atoms with E-state index in [1.165, 1.54) is 31.8 Å². The molecule has 0 spiro atoms. The van der Waals surface area contributed by atoms with Gasteiger partial charge in [0.05, 0.1) is 0 Å². The van der Waals surface area contributed by atoms with Crippen molar-refractivity contribution in [1.82, 2.24) is 5.32 Å². The Balaban J connectivity index is 0.000000490. The van der Waals surface area contributed by atoms with Gasteiger partial charge in [-0.15, -0.1) is 0 Å². The standard InChI is InChI=1S/C6H12N.Y/c1-6-4-2-3-5-7-6;/h7H,2-5H2,1H3;/q-1;. The molecule has 2 heteroatoms. The molecule has 0 aromatic rings. The van der Waals surface area contributed by atoms with Crippen LogP contribution in [0.3, 0.4) is 0 Å². The first-order valence-electron chi connectivity index (χ1n) is 2.96. The van der Waals surface area contributed by atoms with Crippen LogP contribution < -0.4 is 5.32 Å². The van der Waals surface area contributed by atoms with Gasteiger partial charge in [0, 0.05) is 32.7 Å². The summed E-state index contributed by atoms with van der Waals surface area (Å²) in [4.78, 5) is 0. The van der Waals surface area contributed by atoms with Crippen LogP contribution in [-0.4, -0.2) is 6.54 Å². The van der Waals surface area contributed by atoms with Crippen LogP contribution in [-0.2, 0) is 32.7 Å². The van der Waals surface area contributed by atoms with Crippen LogP contribution in [0, 0.1) is 6.04 Å². The summed E-state index contributed by atoms with van der Waals surface area (Å²) in [5, 5.41) is 3.30. The molecule has 1 N–H and O–H groups in total. The Bertz CT molecular complexity index is 50.5. The number of hydrogen-bond donors (Lipinski definition) is 1. The fourth-order valence-electron chi connectivity index (χ4n) is 0.905. The van der Waals surface area contributed by atoms with E-state index in [1.807, 2.05) is 0 Å². The van der Waals surface area contributed by atoms with Gasteiger partial charge in [0.2, 0.25) is 0 Å². The fourth-order valence-corrected chi connectivity index (χ4v) is 0.905. The first kappa shape index (κ1) is 9.06. The van der Waals surface area contributed by atoms with E-state index >= 15 is 0 Å². The number of nitrogens with one attached hydrogen (secondary N) is 1. The molecule has 0 saturated carbocycles. The molecule has 0 aromatic carbocycles. The summed E-state index contributed by atoms with van der Waals surface area (Å²) in [5.41, 5.74) is 0. The molecule has 1 saturated heterocycles. The van der Waals surface area contributed by atoms with Gasteiger partial charge in [0.25, 0.3) is 0 Å². The normalized spacial score (nSPS) is 22.1. The van der Waals surface area contributed by atoms with Gasteiger partial charge in [0.15, 0.2) is 0 Å². The minimum Gasteiger partial charge on any atom is -0.467 e. The summed E-state index contributed by atoms with van der Waals surface area (Å²) < 4.78 is 0. The van der Waals surface area contributed by atoms with Crippen LogP contribution in [0.5, 0.6) is 0 Å². The predicted octanol–water partition coefficient (Wildman–Crippen LogP) is 1.31. The van der Waals surface area contributed by atoms with E-state index in [4.69, 9.17) is 0 Å². The summed E-state index contributed by atoms with van der Waals surface area (Å²) in [5.74, 6) is 0. The van der Waals surface area contributed by atoms with Gasteiger partial charge in [-0.05, 0) is 13.0 Å². The monoisotopic (exact) mass is 187 g/mol. The van der Waals surface area contributed by atoms with Crippen molar-refractivity contribution < 1.29 is 32.7 Å². The van der Waals surface area contributed by atoms with Crippen molar-refractivity contribution in [3.63, 3.8) is 0 Å². The van der Waals surface area contributed by atoms with E-state index in [0.717, 1.165) is 0 Å². The SMILES string of the molecule is C[C-]1CCCCN1.[Y]. The van der Waals surface area contributed by atoms with Crippen molar-refractivity contribution in [2.75, 3.05) is 6.54 Å². The van der Waals surface area contributed by atoms with Crippen molar-refractivity contribution >= 4 is 0 Å². The molecule has 1 aliphatic heterocycles. The molecule has 0 aromatic heterocycles. The van der Waals surface area contributed by atoms with Crippen LogP contribution in [0.1, 0.15) is 26.2 Å². The van der Waals surface area contributed by atoms with Crippen LogP contribution in [0.2, 0.25) is 0 Å². The minimum atomic E-state index is 0. The first-order chi connectivity index (χ1) is 3.39. The Morgan fingerprint density at radius 2 is 2.12 bits per heavy atom. The van der Waals surface area contributed by atoms with Crippen LogP contribution in [0.15, 0.2) is 0 Å². The first-order valence-corrected chi connectivity index (χ1v) is 2.96. The molecule has 0 unspecified atom stereocenters. The van der Waals surface area contributed by atoms with Crippen molar-refractivity contribution in [2.45, 2.75) is 26.2 Å². The van der Waals surface area contributed by atoms with Crippen molar-refractivity contribution in [1.29, 1.82) is 0 Å². The van der Waals surface area contributed by atoms with Gasteiger partial charge in [-0.1, -0.05) is 6.42 Å². The molecular formula is C6H12NY-. The molecule has 0 atom stereocenters. The second-order valence-electron chi connectivity index (χ2n) is 2.16. The molecule has 1 rings (SSSR count). The molecule has 1 nitrogen and oxygen atoms in total. The average molecular weight is 187 g/mol. The van der Waals surface area contributed by atoms with E-state index < -0.39 is 0 Å². The van der Waals surface area contributed by atoms with Gasteiger partial charge in [-0.25, -0.2) is 0 Å². The van der Waals surface area contributed by atoms with Gasteiger partial charge in [-0.2, -0.15) is 13.3 Å². The van der Waals surface area contributed by atoms with Crippen LogP contribution in [0.4, 0.5) is 0 Å². The molecule has 0 bridgehead atoms. The molecule has 8 heavy (non-hydrogen) atoms. The van der Waals surface area contributed by atoms with Gasteiger partial charge >= 0.3 is 0 Å². The Morgan fingerprint density at radius 1 is 1.38 bits per heavy atom. The molecule has 45 valence electrons. The minimum absolute atomic E-state index is 0. The Labute approximate surface area is 76.5 Å². The molecule has 1 heterocycles. The smallest absolute Gasteiger partial charge is 0 e. The Morgan fingerprint density at radius 3 is 2.38 bits per heavy atom. The Hall–Kier alpha value is 1.06. The summed E-state index contributed by atoms with van der Waals surface area (Å²) >= 11 is 0. The van der Waals surface area contributed by atoms with Crippen molar-refractivity contribution in [3.05, 3.63) is 6.04 Å². The van der Waals surface area contributed by atoms with Crippen LogP contribution >= 0.6 is 0 Å². The van der Waals surface area contributed by atoms with E-state index in [1.54, 1.807) is 0 Å². The third kappa shape index (κ3) is 3.16. The third-order valence-electron chi connectivity index (χ3n) is 1.41. The quantitative estimate of drug-likeness (QED) is 0.564. The third-order valence-corrected chi connectivity index (χ3v) is 1.41. The second kappa shape index (κ2) is 4.90. The maximum absolute atomic E-state index is 3.30. The number of rotatable bonds is 0. The zero-order valence-corrected chi connectivity index (χ0v) is 8.24. The number of hydrogen-bond acceptors (Lipinski definition) is 1. The van der Waals surface area contributed by atoms with Gasteiger partial charge in [0.1, 0.15) is 0 Å². The maximum atomic E-state index is 3.30. The zero-order valence-electron chi connectivity index (χ0n) is 5.41. The maximum Gasteiger partial charge on any atom is 0 e. The molecule has 1 radical (unpaired) electrons. The predicted molar refractivity (Wildman–Crippen MR) is 30.8 cm³/mol.